The van der Waals surface area contributed by atoms with Crippen LogP contribution in [-0.4, -0.2) is 64.1 Å². The predicted molar refractivity (Wildman–Crippen MR) is 112 cm³/mol. The lowest BCUT2D eigenvalue weighted by atomic mass is 10.1. The third-order valence-electron chi connectivity index (χ3n) is 5.14. The SMILES string of the molecule is CN1CCC(c2cn(-c3cccc(-c4ccnc(Nc5cnn(C)c5)n4)n3)nn2)C1=O. The van der Waals surface area contributed by atoms with Gasteiger partial charge < -0.3 is 10.2 Å². The Labute approximate surface area is 177 Å². The van der Waals surface area contributed by atoms with Crippen molar-refractivity contribution >= 4 is 17.5 Å². The molecule has 1 unspecified atom stereocenters. The quantitative estimate of drug-likeness (QED) is 0.520. The summed E-state index contributed by atoms with van der Waals surface area (Å²) in [4.78, 5) is 27.5. The van der Waals surface area contributed by atoms with Crippen LogP contribution in [0.15, 0.2) is 49.1 Å². The van der Waals surface area contributed by atoms with E-state index < -0.39 is 0 Å². The van der Waals surface area contributed by atoms with E-state index in [1.165, 1.54) is 0 Å². The number of pyridine rings is 1. The highest BCUT2D eigenvalue weighted by atomic mass is 16.2. The summed E-state index contributed by atoms with van der Waals surface area (Å²) in [6, 6.07) is 7.37. The van der Waals surface area contributed by atoms with Gasteiger partial charge in [0, 0.05) is 33.0 Å². The largest absolute Gasteiger partial charge is 0.345 e. The number of likely N-dealkylation sites (tertiary alicyclic amines) is 1. The number of aromatic nitrogens is 8. The molecule has 4 aromatic heterocycles. The van der Waals surface area contributed by atoms with Gasteiger partial charge in [-0.25, -0.2) is 19.6 Å². The fraction of sp³-hybridized carbons (Fsp3) is 0.250. The van der Waals surface area contributed by atoms with Crippen LogP contribution >= 0.6 is 0 Å². The zero-order valence-electron chi connectivity index (χ0n) is 17.0. The number of hydrogen-bond donors (Lipinski definition) is 1. The predicted octanol–water partition coefficient (Wildman–Crippen LogP) is 1.54. The molecule has 1 atom stereocenters. The summed E-state index contributed by atoms with van der Waals surface area (Å²) in [6.45, 7) is 0.729. The summed E-state index contributed by atoms with van der Waals surface area (Å²) >= 11 is 0. The van der Waals surface area contributed by atoms with Gasteiger partial charge in [0.15, 0.2) is 5.82 Å². The van der Waals surface area contributed by atoms with Gasteiger partial charge >= 0.3 is 0 Å². The first kappa shape index (κ1) is 18.9. The normalized spacial score (nSPS) is 16.1. The monoisotopic (exact) mass is 416 g/mol. The molecule has 5 heterocycles. The lowest BCUT2D eigenvalue weighted by Crippen LogP contribution is -2.21. The van der Waals surface area contributed by atoms with Crippen molar-refractivity contribution in [3.8, 4) is 17.2 Å². The summed E-state index contributed by atoms with van der Waals surface area (Å²) in [5.41, 5.74) is 2.79. The molecule has 0 saturated carbocycles. The van der Waals surface area contributed by atoms with Crippen molar-refractivity contribution in [1.29, 1.82) is 0 Å². The highest BCUT2D eigenvalue weighted by Crippen LogP contribution is 2.26. The molecule has 1 amide bonds. The summed E-state index contributed by atoms with van der Waals surface area (Å²) in [5.74, 6) is 0.869. The number of nitrogens with zero attached hydrogens (tertiary/aromatic N) is 9. The molecule has 0 aliphatic carbocycles. The van der Waals surface area contributed by atoms with Crippen molar-refractivity contribution in [1.82, 2.24) is 44.6 Å². The molecule has 1 N–H and O–H groups in total. The van der Waals surface area contributed by atoms with Gasteiger partial charge in [0.05, 0.1) is 41.1 Å². The van der Waals surface area contributed by atoms with E-state index in [2.05, 4.69) is 35.7 Å². The van der Waals surface area contributed by atoms with Crippen LogP contribution in [0.1, 0.15) is 18.0 Å². The van der Waals surface area contributed by atoms with Crippen LogP contribution in [0.3, 0.4) is 0 Å². The third-order valence-corrected chi connectivity index (χ3v) is 5.14. The van der Waals surface area contributed by atoms with Gasteiger partial charge in [-0.15, -0.1) is 5.10 Å². The lowest BCUT2D eigenvalue weighted by molar-refractivity contribution is -0.127. The van der Waals surface area contributed by atoms with E-state index in [-0.39, 0.29) is 11.8 Å². The van der Waals surface area contributed by atoms with Crippen LogP contribution < -0.4 is 5.32 Å². The third kappa shape index (κ3) is 3.72. The second-order valence-electron chi connectivity index (χ2n) is 7.36. The van der Waals surface area contributed by atoms with Crippen LogP contribution in [0.5, 0.6) is 0 Å². The average Bonchev–Trinajstić information content (AvgIpc) is 3.50. The molecule has 1 fully saturated rings. The van der Waals surface area contributed by atoms with Crippen LogP contribution in [0.2, 0.25) is 0 Å². The molecular weight excluding hydrogens is 396 g/mol. The van der Waals surface area contributed by atoms with Gasteiger partial charge in [0.25, 0.3) is 0 Å². The van der Waals surface area contributed by atoms with Gasteiger partial charge in [-0.05, 0) is 24.6 Å². The number of aryl methyl sites for hydroxylation is 1. The fourth-order valence-corrected chi connectivity index (χ4v) is 3.52. The van der Waals surface area contributed by atoms with Crippen molar-refractivity contribution in [3.63, 3.8) is 0 Å². The Morgan fingerprint density at radius 1 is 1.10 bits per heavy atom. The molecule has 1 aliphatic rings. The number of carbonyl (C=O) groups excluding carboxylic acids is 1. The summed E-state index contributed by atoms with van der Waals surface area (Å²) in [6.07, 6.45) is 7.72. The minimum absolute atomic E-state index is 0.0726. The fourth-order valence-electron chi connectivity index (χ4n) is 3.52. The molecule has 0 bridgehead atoms. The average molecular weight is 416 g/mol. The zero-order chi connectivity index (χ0) is 21.4. The summed E-state index contributed by atoms with van der Waals surface area (Å²) in [5, 5.41) is 15.6. The summed E-state index contributed by atoms with van der Waals surface area (Å²) < 4.78 is 3.28. The highest BCUT2D eigenvalue weighted by Gasteiger charge is 2.32. The Kier molecular flexibility index (Phi) is 4.62. The molecule has 5 rings (SSSR count). The number of carbonyl (C=O) groups is 1. The lowest BCUT2D eigenvalue weighted by Gasteiger charge is -2.07. The molecule has 4 aromatic rings. The molecule has 31 heavy (non-hydrogen) atoms. The van der Waals surface area contributed by atoms with E-state index in [9.17, 15) is 4.79 Å². The standard InChI is InChI=1S/C20H20N10O/c1-28-9-7-14(19(28)31)17-12-30(27-26-17)18-5-3-4-15(24-18)16-6-8-21-20(25-16)23-13-10-22-29(2)11-13/h3-6,8,10-12,14H,7,9H2,1-2H3,(H,21,23,25). The van der Waals surface area contributed by atoms with E-state index >= 15 is 0 Å². The smallest absolute Gasteiger partial charge is 0.231 e. The van der Waals surface area contributed by atoms with Gasteiger partial charge in [-0.2, -0.15) is 5.10 Å². The molecule has 1 aliphatic heterocycles. The zero-order valence-corrected chi connectivity index (χ0v) is 17.0. The molecule has 156 valence electrons. The maximum atomic E-state index is 12.3. The van der Waals surface area contributed by atoms with E-state index in [0.717, 1.165) is 18.7 Å². The number of hydrogen-bond acceptors (Lipinski definition) is 8. The first-order valence-electron chi connectivity index (χ1n) is 9.80. The molecular formula is C20H20N10O. The highest BCUT2D eigenvalue weighted by molar-refractivity contribution is 5.84. The van der Waals surface area contributed by atoms with Crippen LogP contribution in [0, 0.1) is 0 Å². The van der Waals surface area contributed by atoms with E-state index in [4.69, 9.17) is 0 Å². The first-order chi connectivity index (χ1) is 15.1. The maximum absolute atomic E-state index is 12.3. The van der Waals surface area contributed by atoms with Crippen molar-refractivity contribution in [2.75, 3.05) is 18.9 Å². The molecule has 0 spiro atoms. The number of nitrogens with one attached hydrogen (secondary N) is 1. The van der Waals surface area contributed by atoms with Crippen molar-refractivity contribution in [3.05, 3.63) is 54.7 Å². The molecule has 11 heteroatoms. The van der Waals surface area contributed by atoms with Crippen LogP contribution in [0.4, 0.5) is 11.6 Å². The van der Waals surface area contributed by atoms with E-state index in [0.29, 0.717) is 28.8 Å². The topological polar surface area (TPSA) is 120 Å². The Morgan fingerprint density at radius 3 is 2.74 bits per heavy atom. The second-order valence-corrected chi connectivity index (χ2v) is 7.36. The Morgan fingerprint density at radius 2 is 1.97 bits per heavy atom. The Hall–Kier alpha value is -4.15. The van der Waals surface area contributed by atoms with Crippen LogP contribution in [-0.2, 0) is 11.8 Å². The first-order valence-corrected chi connectivity index (χ1v) is 9.80. The molecule has 0 radical (unpaired) electrons. The maximum Gasteiger partial charge on any atom is 0.231 e. The van der Waals surface area contributed by atoms with Crippen molar-refractivity contribution in [2.45, 2.75) is 12.3 Å². The van der Waals surface area contributed by atoms with Crippen molar-refractivity contribution in [2.24, 2.45) is 7.05 Å². The van der Waals surface area contributed by atoms with Gasteiger partial charge in [0.1, 0.15) is 0 Å². The summed E-state index contributed by atoms with van der Waals surface area (Å²) in [7, 11) is 3.64. The number of likely N-dealkylation sites (N-methyl/N-ethyl adjacent to an activating group) is 1. The van der Waals surface area contributed by atoms with Crippen molar-refractivity contribution < 1.29 is 4.79 Å². The number of rotatable bonds is 5. The Bertz CT molecular complexity index is 1250. The van der Waals surface area contributed by atoms with Gasteiger partial charge in [0.2, 0.25) is 11.9 Å². The minimum Gasteiger partial charge on any atom is -0.345 e. The number of amides is 1. The molecule has 0 aromatic carbocycles. The minimum atomic E-state index is -0.245. The second kappa shape index (κ2) is 7.59. The van der Waals surface area contributed by atoms with Gasteiger partial charge in [-0.3, -0.25) is 9.48 Å². The van der Waals surface area contributed by atoms with E-state index in [1.807, 2.05) is 31.4 Å². The van der Waals surface area contributed by atoms with Gasteiger partial charge in [-0.1, -0.05) is 11.3 Å². The van der Waals surface area contributed by atoms with Crippen LogP contribution in [0.25, 0.3) is 17.2 Å². The van der Waals surface area contributed by atoms with E-state index in [1.54, 1.807) is 46.0 Å². The number of anilines is 2. The Balaban J connectivity index is 1.40. The molecule has 1 saturated heterocycles. The molecule has 11 nitrogen and oxygen atoms in total.